The van der Waals surface area contributed by atoms with E-state index in [-0.39, 0.29) is 24.3 Å². The Balaban J connectivity index is 1.36. The number of oxazole rings is 1. The van der Waals surface area contributed by atoms with Crippen LogP contribution in [0, 0.1) is 18.7 Å². The summed E-state index contributed by atoms with van der Waals surface area (Å²) in [6, 6.07) is 10.3. The van der Waals surface area contributed by atoms with E-state index in [9.17, 15) is 19.1 Å². The van der Waals surface area contributed by atoms with Gasteiger partial charge in [0, 0.05) is 49.8 Å². The molecule has 11 heteroatoms. The summed E-state index contributed by atoms with van der Waals surface area (Å²) in [5.41, 5.74) is -0.821. The number of amides is 2. The highest BCUT2D eigenvalue weighted by Gasteiger charge is 2.52. The third-order valence-corrected chi connectivity index (χ3v) is 7.61. The van der Waals surface area contributed by atoms with Crippen LogP contribution in [0.2, 0.25) is 0 Å². The molecule has 0 radical (unpaired) electrons. The van der Waals surface area contributed by atoms with Crippen molar-refractivity contribution in [3.8, 4) is 17.2 Å². The van der Waals surface area contributed by atoms with Gasteiger partial charge in [0.2, 0.25) is 11.7 Å². The number of nitrogens with zero attached hydrogens (tertiary/aromatic N) is 2. The maximum atomic E-state index is 13.5. The van der Waals surface area contributed by atoms with E-state index in [0.717, 1.165) is 0 Å². The highest BCUT2D eigenvalue weighted by atomic mass is 19.1. The minimum absolute atomic E-state index is 0.0369. The zero-order valence-corrected chi connectivity index (χ0v) is 24.9. The second-order valence-corrected chi connectivity index (χ2v) is 11.7. The number of carbonyl (C=O) groups excluding carboxylic acids is 2. The second kappa shape index (κ2) is 12.2. The first kappa shape index (κ1) is 30.3. The highest BCUT2D eigenvalue weighted by Crippen LogP contribution is 2.50. The van der Waals surface area contributed by atoms with Crippen molar-refractivity contribution in [1.29, 1.82) is 0 Å². The SMILES string of the molecule is CCOC(=O)c1oc(C2(Oc3cc(NC(=O)N4CCC(O)(CC(C)C)CC4)cc(Oc4ccc(F)cc4)c3)CC2)nc1C. The van der Waals surface area contributed by atoms with Crippen molar-refractivity contribution >= 4 is 17.7 Å². The number of benzene rings is 2. The molecule has 10 nitrogen and oxygen atoms in total. The number of halogens is 1. The molecule has 1 saturated carbocycles. The lowest BCUT2D eigenvalue weighted by molar-refractivity contribution is -0.0268. The van der Waals surface area contributed by atoms with Crippen LogP contribution >= 0.6 is 0 Å². The number of hydrogen-bond donors (Lipinski definition) is 2. The minimum atomic E-state index is -0.890. The largest absolute Gasteiger partial charge is 0.477 e. The molecule has 43 heavy (non-hydrogen) atoms. The summed E-state index contributed by atoms with van der Waals surface area (Å²) in [5, 5.41) is 13.8. The van der Waals surface area contributed by atoms with Gasteiger partial charge in [-0.3, -0.25) is 0 Å². The average Bonchev–Trinajstić information content (AvgIpc) is 3.61. The fourth-order valence-electron chi connectivity index (χ4n) is 5.37. The third-order valence-electron chi connectivity index (χ3n) is 7.61. The summed E-state index contributed by atoms with van der Waals surface area (Å²) >= 11 is 0. The van der Waals surface area contributed by atoms with Gasteiger partial charge in [0.1, 0.15) is 23.1 Å². The fourth-order valence-corrected chi connectivity index (χ4v) is 5.37. The number of rotatable bonds is 10. The fraction of sp³-hybridized carbons (Fsp3) is 0.469. The van der Waals surface area contributed by atoms with Crippen LogP contribution in [0.1, 0.15) is 75.0 Å². The summed E-state index contributed by atoms with van der Waals surface area (Å²) in [6.45, 7) is 8.61. The molecule has 2 amide bonds. The maximum absolute atomic E-state index is 13.5. The number of aromatic nitrogens is 1. The van der Waals surface area contributed by atoms with Gasteiger partial charge in [-0.15, -0.1) is 0 Å². The van der Waals surface area contributed by atoms with Crippen LogP contribution in [0.15, 0.2) is 46.9 Å². The molecular formula is C32H38FN3O7. The average molecular weight is 596 g/mol. The Bertz CT molecular complexity index is 1460. The van der Waals surface area contributed by atoms with Gasteiger partial charge in [-0.25, -0.2) is 19.0 Å². The standard InChI is InChI=1S/C32H38FN3O7/c1-5-40-28(37)27-21(4)34-29(42-27)32(10-11-32)43-26-17-23(16-25(18-26)41-24-8-6-22(33)7-9-24)35-30(38)36-14-12-31(39,13-15-36)19-20(2)3/h6-9,16-18,20,39H,5,10-15,19H2,1-4H3,(H,35,38). The van der Waals surface area contributed by atoms with Crippen LogP contribution in [0.5, 0.6) is 17.2 Å². The minimum Gasteiger partial charge on any atom is -0.477 e. The van der Waals surface area contributed by atoms with Crippen molar-refractivity contribution in [2.75, 3.05) is 25.0 Å². The van der Waals surface area contributed by atoms with Gasteiger partial charge in [-0.05, 0) is 63.3 Å². The van der Waals surface area contributed by atoms with Crippen LogP contribution in [-0.2, 0) is 10.3 Å². The van der Waals surface area contributed by atoms with E-state index < -0.39 is 23.0 Å². The summed E-state index contributed by atoms with van der Waals surface area (Å²) in [6.07, 6.45) is 2.91. The monoisotopic (exact) mass is 595 g/mol. The van der Waals surface area contributed by atoms with Crippen molar-refractivity contribution in [2.45, 2.75) is 71.0 Å². The van der Waals surface area contributed by atoms with Gasteiger partial charge in [-0.2, -0.15) is 0 Å². The Labute approximate surface area is 250 Å². The van der Waals surface area contributed by atoms with E-state index in [1.165, 1.54) is 24.3 Å². The number of carbonyl (C=O) groups is 2. The topological polar surface area (TPSA) is 123 Å². The van der Waals surface area contributed by atoms with Gasteiger partial charge < -0.3 is 34.0 Å². The molecule has 2 aliphatic rings. The molecule has 0 bridgehead atoms. The van der Waals surface area contributed by atoms with E-state index in [2.05, 4.69) is 24.1 Å². The van der Waals surface area contributed by atoms with Crippen molar-refractivity contribution in [3.05, 3.63) is 65.6 Å². The number of piperidine rings is 1. The van der Waals surface area contributed by atoms with E-state index in [4.69, 9.17) is 18.6 Å². The molecule has 0 spiro atoms. The first-order valence-electron chi connectivity index (χ1n) is 14.7. The zero-order chi connectivity index (χ0) is 30.8. The molecule has 2 heterocycles. The van der Waals surface area contributed by atoms with Crippen LogP contribution in [0.25, 0.3) is 0 Å². The van der Waals surface area contributed by atoms with Crippen molar-refractivity contribution < 1.29 is 37.7 Å². The lowest BCUT2D eigenvalue weighted by atomic mass is 9.84. The summed E-state index contributed by atoms with van der Waals surface area (Å²) in [4.78, 5) is 31.7. The number of aliphatic hydroxyl groups is 1. The quantitative estimate of drug-likeness (QED) is 0.253. The second-order valence-electron chi connectivity index (χ2n) is 11.7. The van der Waals surface area contributed by atoms with Gasteiger partial charge in [-0.1, -0.05) is 13.8 Å². The number of urea groups is 1. The van der Waals surface area contributed by atoms with Crippen molar-refractivity contribution in [1.82, 2.24) is 9.88 Å². The third kappa shape index (κ3) is 7.27. The lowest BCUT2D eigenvalue weighted by Gasteiger charge is -2.39. The molecule has 2 aromatic carbocycles. The van der Waals surface area contributed by atoms with Crippen LogP contribution in [0.4, 0.5) is 14.9 Å². The Kier molecular flexibility index (Phi) is 8.64. The molecule has 1 aliphatic heterocycles. The first-order chi connectivity index (χ1) is 20.5. The summed E-state index contributed by atoms with van der Waals surface area (Å²) < 4.78 is 36.7. The van der Waals surface area contributed by atoms with Crippen LogP contribution < -0.4 is 14.8 Å². The number of nitrogens with one attached hydrogen (secondary N) is 1. The predicted octanol–water partition coefficient (Wildman–Crippen LogP) is 6.56. The highest BCUT2D eigenvalue weighted by molar-refractivity contribution is 5.90. The molecule has 2 N–H and O–H groups in total. The number of ether oxygens (including phenoxy) is 3. The molecule has 0 atom stereocenters. The lowest BCUT2D eigenvalue weighted by Crippen LogP contribution is -2.48. The maximum Gasteiger partial charge on any atom is 0.376 e. The molecule has 1 aliphatic carbocycles. The Morgan fingerprint density at radius 1 is 1.07 bits per heavy atom. The molecule has 5 rings (SSSR count). The van der Waals surface area contributed by atoms with Crippen molar-refractivity contribution in [3.63, 3.8) is 0 Å². The van der Waals surface area contributed by atoms with E-state index >= 15 is 0 Å². The molecule has 1 saturated heterocycles. The summed E-state index contributed by atoms with van der Waals surface area (Å²) in [7, 11) is 0. The number of esters is 1. The Morgan fingerprint density at radius 2 is 1.74 bits per heavy atom. The normalized spacial score (nSPS) is 17.0. The summed E-state index contributed by atoms with van der Waals surface area (Å²) in [5.74, 6) is 0.828. The van der Waals surface area contributed by atoms with Gasteiger partial charge in [0.05, 0.1) is 17.9 Å². The van der Waals surface area contributed by atoms with Crippen LogP contribution in [-0.4, -0.2) is 52.3 Å². The number of likely N-dealkylation sites (tertiary alicyclic amines) is 1. The zero-order valence-electron chi connectivity index (χ0n) is 24.9. The number of hydrogen-bond acceptors (Lipinski definition) is 8. The number of anilines is 1. The molecular weight excluding hydrogens is 557 g/mol. The van der Waals surface area contributed by atoms with E-state index in [1.807, 2.05) is 0 Å². The molecule has 0 unspecified atom stereocenters. The smallest absolute Gasteiger partial charge is 0.376 e. The van der Waals surface area contributed by atoms with Crippen LogP contribution in [0.3, 0.4) is 0 Å². The molecule has 2 fully saturated rings. The molecule has 1 aromatic heterocycles. The Morgan fingerprint density at radius 3 is 2.37 bits per heavy atom. The molecule has 3 aromatic rings. The Hall–Kier alpha value is -4.12. The molecule has 230 valence electrons. The van der Waals surface area contributed by atoms with Gasteiger partial charge in [0.15, 0.2) is 5.60 Å². The van der Waals surface area contributed by atoms with Gasteiger partial charge >= 0.3 is 12.0 Å². The first-order valence-corrected chi connectivity index (χ1v) is 14.7. The van der Waals surface area contributed by atoms with E-state index in [1.54, 1.807) is 36.9 Å². The van der Waals surface area contributed by atoms with Gasteiger partial charge in [0.25, 0.3) is 0 Å². The van der Waals surface area contributed by atoms with Crippen molar-refractivity contribution in [2.24, 2.45) is 5.92 Å². The predicted molar refractivity (Wildman–Crippen MR) is 156 cm³/mol. The van der Waals surface area contributed by atoms with E-state index in [0.29, 0.717) is 79.7 Å². The number of aryl methyl sites for hydroxylation is 1.